The summed E-state index contributed by atoms with van der Waals surface area (Å²) >= 11 is 0. The first-order valence-electron chi connectivity index (χ1n) is 20.6. The Balaban J connectivity index is 0.937. The van der Waals surface area contributed by atoms with Crippen LogP contribution < -0.4 is 0 Å². The Morgan fingerprint density at radius 2 is 0.767 bits per heavy atom. The zero-order chi connectivity index (χ0) is 39.6. The molecule has 0 amide bonds. The average Bonchev–Trinajstić information content (AvgIpc) is 3.66. The van der Waals surface area contributed by atoms with Crippen molar-refractivity contribution < 1.29 is 0 Å². The fourth-order valence-electron chi connectivity index (χ4n) is 9.33. The molecule has 0 fully saturated rings. The lowest BCUT2D eigenvalue weighted by atomic mass is 9.88. The van der Waals surface area contributed by atoms with Crippen LogP contribution in [0.2, 0.25) is 0 Å². The van der Waals surface area contributed by atoms with E-state index in [1.807, 2.05) is 6.07 Å². The van der Waals surface area contributed by atoms with Crippen molar-refractivity contribution in [3.8, 4) is 89.5 Å². The molecule has 0 N–H and O–H groups in total. The van der Waals surface area contributed by atoms with Crippen LogP contribution in [0.1, 0.15) is 0 Å². The Hall–Kier alpha value is -7.94. The molecule has 60 heavy (non-hydrogen) atoms. The first kappa shape index (κ1) is 34.1. The highest BCUT2D eigenvalue weighted by atomic mass is 14.9. The van der Waals surface area contributed by atoms with E-state index < -0.39 is 0 Å². The number of benzene rings is 10. The molecule has 1 aromatic heterocycles. The van der Waals surface area contributed by atoms with Gasteiger partial charge in [-0.15, -0.1) is 0 Å². The summed E-state index contributed by atoms with van der Waals surface area (Å²) in [5.74, 6) is 0.701. The lowest BCUT2D eigenvalue weighted by Gasteiger charge is -2.16. The molecule has 0 saturated heterocycles. The van der Waals surface area contributed by atoms with Crippen LogP contribution >= 0.6 is 0 Å². The SMILES string of the molecule is c1ccc(-c2cc(-c3ccc4ccccc4c3)nc(-c3ccc(-c4ccc5ccccc5c4-c4ccc(-c5ccc6c7c(cccc57)-c5ccccc5-6)cc4)cc3)n2)cc1. The van der Waals surface area contributed by atoms with Crippen LogP contribution in [0, 0.1) is 0 Å². The van der Waals surface area contributed by atoms with Gasteiger partial charge in [-0.05, 0) is 100 Å². The minimum absolute atomic E-state index is 0.701. The summed E-state index contributed by atoms with van der Waals surface area (Å²) in [7, 11) is 0. The quantitative estimate of drug-likeness (QED) is 0.169. The van der Waals surface area contributed by atoms with E-state index >= 15 is 0 Å². The normalized spacial score (nSPS) is 11.7. The highest BCUT2D eigenvalue weighted by Gasteiger charge is 2.22. The molecule has 12 rings (SSSR count). The molecule has 2 heteroatoms. The number of fused-ring (bicyclic) bond motifs is 5. The van der Waals surface area contributed by atoms with E-state index in [4.69, 9.17) is 9.97 Å². The zero-order valence-corrected chi connectivity index (χ0v) is 32.7. The number of hydrogen-bond donors (Lipinski definition) is 0. The van der Waals surface area contributed by atoms with Gasteiger partial charge in [0.1, 0.15) is 0 Å². The van der Waals surface area contributed by atoms with Gasteiger partial charge in [-0.25, -0.2) is 9.97 Å². The largest absolute Gasteiger partial charge is 0.228 e. The van der Waals surface area contributed by atoms with E-state index in [0.29, 0.717) is 5.82 Å². The number of hydrogen-bond acceptors (Lipinski definition) is 2. The van der Waals surface area contributed by atoms with Crippen LogP contribution in [0.5, 0.6) is 0 Å². The van der Waals surface area contributed by atoms with Crippen molar-refractivity contribution >= 4 is 32.3 Å². The molecule has 1 heterocycles. The number of rotatable bonds is 6. The Morgan fingerprint density at radius 3 is 1.55 bits per heavy atom. The van der Waals surface area contributed by atoms with E-state index in [2.05, 4.69) is 212 Å². The van der Waals surface area contributed by atoms with Crippen molar-refractivity contribution in [3.63, 3.8) is 0 Å². The van der Waals surface area contributed by atoms with Gasteiger partial charge in [0.2, 0.25) is 0 Å². The van der Waals surface area contributed by atoms with Crippen molar-refractivity contribution in [2.45, 2.75) is 0 Å². The van der Waals surface area contributed by atoms with Gasteiger partial charge in [0.15, 0.2) is 5.82 Å². The third-order valence-electron chi connectivity index (χ3n) is 12.3. The van der Waals surface area contributed by atoms with Crippen LogP contribution in [-0.4, -0.2) is 9.97 Å². The molecular formula is C58H36N2. The van der Waals surface area contributed by atoms with E-state index in [9.17, 15) is 0 Å². The summed E-state index contributed by atoms with van der Waals surface area (Å²) in [6.07, 6.45) is 0. The molecule has 0 spiro atoms. The van der Waals surface area contributed by atoms with Crippen molar-refractivity contribution in [2.24, 2.45) is 0 Å². The summed E-state index contributed by atoms with van der Waals surface area (Å²) in [6, 6.07) is 78.8. The minimum Gasteiger partial charge on any atom is -0.228 e. The Labute approximate surface area is 348 Å². The smallest absolute Gasteiger partial charge is 0.160 e. The number of aromatic nitrogens is 2. The molecule has 0 radical (unpaired) electrons. The molecule has 278 valence electrons. The standard InChI is InChI=1S/C58H36N2/c1-2-13-41(14-3-1)54-36-55(45-30-21-37-11-4-5-15-44(37)35-45)60-58(59-54)43-28-24-40(25-29-43)48-32-31-38-12-6-7-16-47(38)56(48)42-26-22-39(23-27-42)46-33-34-53-50-18-9-8-17-49(50)52-20-10-19-51(46)57(52)53/h1-36H. The summed E-state index contributed by atoms with van der Waals surface area (Å²) in [6.45, 7) is 0. The predicted octanol–water partition coefficient (Wildman–Crippen LogP) is 15.6. The average molecular weight is 761 g/mol. The number of nitrogens with zero attached hydrogens (tertiary/aromatic N) is 2. The molecular weight excluding hydrogens is 725 g/mol. The maximum atomic E-state index is 5.18. The fraction of sp³-hybridized carbons (Fsp3) is 0. The lowest BCUT2D eigenvalue weighted by molar-refractivity contribution is 1.18. The summed E-state index contributed by atoms with van der Waals surface area (Å²) in [5, 5.41) is 7.49. The predicted molar refractivity (Wildman–Crippen MR) is 252 cm³/mol. The first-order valence-corrected chi connectivity index (χ1v) is 20.6. The molecule has 0 saturated carbocycles. The Kier molecular flexibility index (Phi) is 7.89. The topological polar surface area (TPSA) is 25.8 Å². The second-order valence-corrected chi connectivity index (χ2v) is 15.7. The highest BCUT2D eigenvalue weighted by Crippen LogP contribution is 2.49. The summed E-state index contributed by atoms with van der Waals surface area (Å²) in [5.41, 5.74) is 17.4. The van der Waals surface area contributed by atoms with Gasteiger partial charge >= 0.3 is 0 Å². The van der Waals surface area contributed by atoms with Gasteiger partial charge in [0.25, 0.3) is 0 Å². The van der Waals surface area contributed by atoms with E-state index in [1.165, 1.54) is 82.4 Å². The van der Waals surface area contributed by atoms with Gasteiger partial charge in [-0.3, -0.25) is 0 Å². The van der Waals surface area contributed by atoms with Crippen LogP contribution in [0.3, 0.4) is 0 Å². The van der Waals surface area contributed by atoms with Crippen LogP contribution in [-0.2, 0) is 0 Å². The molecule has 0 aliphatic heterocycles. The van der Waals surface area contributed by atoms with Crippen LogP contribution in [0.25, 0.3) is 122 Å². The highest BCUT2D eigenvalue weighted by molar-refractivity contribution is 6.18. The molecule has 0 bridgehead atoms. The van der Waals surface area contributed by atoms with Crippen LogP contribution in [0.15, 0.2) is 218 Å². The monoisotopic (exact) mass is 760 g/mol. The third-order valence-corrected chi connectivity index (χ3v) is 12.3. The third kappa shape index (κ3) is 5.65. The van der Waals surface area contributed by atoms with Crippen molar-refractivity contribution in [1.82, 2.24) is 9.97 Å². The van der Waals surface area contributed by atoms with E-state index in [0.717, 1.165) is 33.6 Å². The molecule has 2 nitrogen and oxygen atoms in total. The van der Waals surface area contributed by atoms with Gasteiger partial charge in [-0.1, -0.05) is 206 Å². The van der Waals surface area contributed by atoms with Crippen molar-refractivity contribution in [1.29, 1.82) is 0 Å². The summed E-state index contributed by atoms with van der Waals surface area (Å²) < 4.78 is 0. The lowest BCUT2D eigenvalue weighted by Crippen LogP contribution is -1.96. The van der Waals surface area contributed by atoms with Gasteiger partial charge in [0, 0.05) is 16.7 Å². The maximum absolute atomic E-state index is 5.18. The molecule has 0 unspecified atom stereocenters. The molecule has 1 aliphatic carbocycles. The fourth-order valence-corrected chi connectivity index (χ4v) is 9.33. The van der Waals surface area contributed by atoms with Gasteiger partial charge in [0.05, 0.1) is 11.4 Å². The second kappa shape index (κ2) is 13.9. The molecule has 1 aliphatic rings. The van der Waals surface area contributed by atoms with E-state index in [1.54, 1.807) is 0 Å². The zero-order valence-electron chi connectivity index (χ0n) is 32.7. The Morgan fingerprint density at radius 1 is 0.250 bits per heavy atom. The minimum atomic E-state index is 0.701. The van der Waals surface area contributed by atoms with E-state index in [-0.39, 0.29) is 0 Å². The van der Waals surface area contributed by atoms with Gasteiger partial charge in [-0.2, -0.15) is 0 Å². The Bertz CT molecular complexity index is 3430. The van der Waals surface area contributed by atoms with Gasteiger partial charge < -0.3 is 0 Å². The molecule has 10 aromatic carbocycles. The second-order valence-electron chi connectivity index (χ2n) is 15.7. The maximum Gasteiger partial charge on any atom is 0.160 e. The van der Waals surface area contributed by atoms with Crippen molar-refractivity contribution in [2.75, 3.05) is 0 Å². The van der Waals surface area contributed by atoms with Crippen molar-refractivity contribution in [3.05, 3.63) is 218 Å². The first-order chi connectivity index (χ1) is 29.7. The van der Waals surface area contributed by atoms with Crippen LogP contribution in [0.4, 0.5) is 0 Å². The molecule has 11 aromatic rings. The molecule has 0 atom stereocenters. The summed E-state index contributed by atoms with van der Waals surface area (Å²) in [4.78, 5) is 10.3.